The highest BCUT2D eigenvalue weighted by Gasteiger charge is 2.33. The number of nitrogens with zero attached hydrogens (tertiary/aromatic N) is 3. The summed E-state index contributed by atoms with van der Waals surface area (Å²) in [7, 11) is 1.48. The number of amides is 1. The van der Waals surface area contributed by atoms with Gasteiger partial charge in [-0.2, -0.15) is 18.2 Å². The van der Waals surface area contributed by atoms with Crippen molar-refractivity contribution in [3.8, 4) is 10.7 Å². The standard InChI is InChI=1S/C23H25F4N7O2S/c1-29-9-12(8-28)22(35)31-11-18-33-21(34-36-18)20-14(7-23(25,26)27)13-3-2-4-17(19(13)37-20)32-16-5-6-30-10-15(16)24/h2-4,8-9,15-16,30,32H,5-7,10-11,28H2,1H3,(H,31,35)/b12-8+,29-9?. The third kappa shape index (κ3) is 6.25. The molecule has 0 bridgehead atoms. The van der Waals surface area contributed by atoms with Crippen LogP contribution in [0.3, 0.4) is 0 Å². The van der Waals surface area contributed by atoms with E-state index in [1.807, 2.05) is 0 Å². The fourth-order valence-corrected chi connectivity index (χ4v) is 5.24. The first-order chi connectivity index (χ1) is 17.7. The first kappa shape index (κ1) is 26.5. The van der Waals surface area contributed by atoms with Gasteiger partial charge in [0.25, 0.3) is 5.91 Å². The van der Waals surface area contributed by atoms with E-state index in [-0.39, 0.29) is 40.8 Å². The van der Waals surface area contributed by atoms with Crippen LogP contribution >= 0.6 is 11.3 Å². The quantitative estimate of drug-likeness (QED) is 0.196. The van der Waals surface area contributed by atoms with Crippen molar-refractivity contribution in [2.24, 2.45) is 10.7 Å². The molecule has 5 N–H and O–H groups in total. The normalized spacial score (nSPS) is 19.0. The van der Waals surface area contributed by atoms with E-state index < -0.39 is 30.7 Å². The molecule has 14 heteroatoms. The van der Waals surface area contributed by atoms with E-state index in [0.29, 0.717) is 28.7 Å². The molecule has 2 unspecified atom stereocenters. The maximum absolute atomic E-state index is 14.4. The Balaban J connectivity index is 1.65. The topological polar surface area (TPSA) is 130 Å². The zero-order valence-corrected chi connectivity index (χ0v) is 20.5. The van der Waals surface area contributed by atoms with Gasteiger partial charge in [-0.1, -0.05) is 17.3 Å². The van der Waals surface area contributed by atoms with Gasteiger partial charge >= 0.3 is 6.18 Å². The van der Waals surface area contributed by atoms with E-state index in [2.05, 4.69) is 31.1 Å². The number of carbonyl (C=O) groups excluding carboxylic acids is 1. The molecular formula is C23H25F4N7O2S. The highest BCUT2D eigenvalue weighted by molar-refractivity contribution is 7.23. The van der Waals surface area contributed by atoms with Crippen LogP contribution in [0.1, 0.15) is 17.9 Å². The lowest BCUT2D eigenvalue weighted by atomic mass is 10.0. The maximum atomic E-state index is 14.4. The van der Waals surface area contributed by atoms with Crippen LogP contribution in [0.2, 0.25) is 0 Å². The number of alkyl halides is 4. The average Bonchev–Trinajstić information content (AvgIpc) is 3.47. The lowest BCUT2D eigenvalue weighted by Crippen LogP contribution is -2.45. The van der Waals surface area contributed by atoms with Crippen LogP contribution in [0, 0.1) is 0 Å². The average molecular weight is 540 g/mol. The van der Waals surface area contributed by atoms with E-state index in [1.165, 1.54) is 13.3 Å². The summed E-state index contributed by atoms with van der Waals surface area (Å²) in [6, 6.07) is 4.48. The minimum Gasteiger partial charge on any atom is -0.404 e. The molecule has 1 amide bonds. The number of thiophene rings is 1. The molecule has 1 aliphatic heterocycles. The second-order valence-corrected chi connectivity index (χ2v) is 9.37. The molecule has 0 radical (unpaired) electrons. The largest absolute Gasteiger partial charge is 0.404 e. The Labute approximate surface area is 213 Å². The maximum Gasteiger partial charge on any atom is 0.393 e. The number of rotatable bonds is 8. The van der Waals surface area contributed by atoms with Gasteiger partial charge in [0.1, 0.15) is 6.17 Å². The monoisotopic (exact) mass is 539 g/mol. The third-order valence-electron chi connectivity index (χ3n) is 5.73. The first-order valence-corrected chi connectivity index (χ1v) is 12.2. The molecule has 0 aliphatic carbocycles. The van der Waals surface area contributed by atoms with Crippen LogP contribution in [0.25, 0.3) is 20.8 Å². The Morgan fingerprint density at radius 3 is 2.92 bits per heavy atom. The number of hydrogen-bond acceptors (Lipinski definition) is 9. The van der Waals surface area contributed by atoms with Crippen molar-refractivity contribution in [1.29, 1.82) is 0 Å². The smallest absolute Gasteiger partial charge is 0.393 e. The number of nitrogens with two attached hydrogens (primary N) is 1. The predicted molar refractivity (Wildman–Crippen MR) is 133 cm³/mol. The highest BCUT2D eigenvalue weighted by Crippen LogP contribution is 2.43. The molecule has 0 saturated carbocycles. The fraction of sp³-hybridized carbons (Fsp3) is 0.391. The van der Waals surface area contributed by atoms with Gasteiger partial charge in [0.05, 0.1) is 39.8 Å². The Kier molecular flexibility index (Phi) is 8.07. The molecule has 198 valence electrons. The van der Waals surface area contributed by atoms with Crippen molar-refractivity contribution in [2.75, 3.05) is 25.5 Å². The molecule has 3 aromatic rings. The predicted octanol–water partition coefficient (Wildman–Crippen LogP) is 3.33. The molecule has 0 spiro atoms. The van der Waals surface area contributed by atoms with Gasteiger partial charge < -0.3 is 26.2 Å². The highest BCUT2D eigenvalue weighted by atomic mass is 32.1. The molecule has 3 heterocycles. The van der Waals surface area contributed by atoms with E-state index in [0.717, 1.165) is 17.5 Å². The Morgan fingerprint density at radius 2 is 2.22 bits per heavy atom. The number of carbonyl (C=O) groups is 1. The number of halogens is 4. The minimum atomic E-state index is -4.49. The Bertz CT molecular complexity index is 1320. The lowest BCUT2D eigenvalue weighted by Gasteiger charge is -2.28. The SMILES string of the molecule is CN=C/C(=C\N)C(=O)NCc1nc(-c2sc3c(NC4CCNCC4F)cccc3c2CC(F)(F)F)no1. The lowest BCUT2D eigenvalue weighted by molar-refractivity contribution is -0.126. The van der Waals surface area contributed by atoms with Crippen LogP contribution in [0.4, 0.5) is 23.2 Å². The zero-order chi connectivity index (χ0) is 26.6. The second-order valence-electron chi connectivity index (χ2n) is 8.35. The van der Waals surface area contributed by atoms with Crippen LogP contribution < -0.4 is 21.7 Å². The molecule has 1 saturated heterocycles. The third-order valence-corrected chi connectivity index (χ3v) is 7.00. The summed E-state index contributed by atoms with van der Waals surface area (Å²) in [6.07, 6.45) is -3.93. The Morgan fingerprint density at radius 1 is 1.41 bits per heavy atom. The van der Waals surface area contributed by atoms with Crippen molar-refractivity contribution in [3.63, 3.8) is 0 Å². The summed E-state index contributed by atoms with van der Waals surface area (Å²) in [5.74, 6) is -0.574. The molecule has 1 fully saturated rings. The van der Waals surface area contributed by atoms with E-state index >= 15 is 0 Å². The number of aliphatic imine (C=N–C) groups is 1. The van der Waals surface area contributed by atoms with Gasteiger partial charge in [-0.3, -0.25) is 9.79 Å². The number of fused-ring (bicyclic) bond motifs is 1. The molecule has 2 atom stereocenters. The van der Waals surface area contributed by atoms with Crippen LogP contribution in [0.15, 0.2) is 39.5 Å². The fourth-order valence-electron chi connectivity index (χ4n) is 4.02. The number of aromatic nitrogens is 2. The number of hydrogen-bond donors (Lipinski definition) is 4. The van der Waals surface area contributed by atoms with Gasteiger partial charge in [0.15, 0.2) is 0 Å². The van der Waals surface area contributed by atoms with Gasteiger partial charge in [0.2, 0.25) is 11.7 Å². The van der Waals surface area contributed by atoms with Crippen molar-refractivity contribution >= 4 is 39.2 Å². The van der Waals surface area contributed by atoms with Gasteiger partial charge in [-0.05, 0) is 30.0 Å². The molecule has 4 rings (SSSR count). The van der Waals surface area contributed by atoms with Crippen LogP contribution in [0.5, 0.6) is 0 Å². The Hall–Kier alpha value is -3.52. The molecular weight excluding hydrogens is 514 g/mol. The van der Waals surface area contributed by atoms with E-state index in [9.17, 15) is 22.4 Å². The van der Waals surface area contributed by atoms with Gasteiger partial charge in [-0.25, -0.2) is 4.39 Å². The molecule has 1 aliphatic rings. The van der Waals surface area contributed by atoms with Crippen LogP contribution in [-0.2, 0) is 17.8 Å². The first-order valence-electron chi connectivity index (χ1n) is 11.4. The minimum absolute atomic E-state index is 0.00199. The molecule has 1 aromatic carbocycles. The number of anilines is 1. The van der Waals surface area contributed by atoms with Gasteiger partial charge in [-0.15, -0.1) is 11.3 Å². The van der Waals surface area contributed by atoms with Gasteiger partial charge in [0, 0.05) is 26.0 Å². The van der Waals surface area contributed by atoms with Crippen molar-refractivity contribution in [3.05, 3.63) is 41.4 Å². The van der Waals surface area contributed by atoms with Crippen molar-refractivity contribution in [1.82, 2.24) is 20.8 Å². The van der Waals surface area contributed by atoms with E-state index in [4.69, 9.17) is 10.3 Å². The van der Waals surface area contributed by atoms with Crippen molar-refractivity contribution in [2.45, 2.75) is 37.8 Å². The zero-order valence-electron chi connectivity index (χ0n) is 19.7. The summed E-state index contributed by atoms with van der Waals surface area (Å²) >= 11 is 1.07. The molecule has 2 aromatic heterocycles. The van der Waals surface area contributed by atoms with E-state index in [1.54, 1.807) is 18.2 Å². The molecule has 37 heavy (non-hydrogen) atoms. The number of nitrogens with one attached hydrogen (secondary N) is 3. The van der Waals surface area contributed by atoms with Crippen LogP contribution in [-0.4, -0.2) is 60.8 Å². The van der Waals surface area contributed by atoms with Crippen molar-refractivity contribution < 1.29 is 26.9 Å². The number of piperidine rings is 1. The second kappa shape index (κ2) is 11.3. The summed E-state index contributed by atoms with van der Waals surface area (Å²) in [6.45, 7) is 0.679. The molecule has 9 nitrogen and oxygen atoms in total. The summed E-state index contributed by atoms with van der Waals surface area (Å²) in [5.41, 5.74) is 6.07. The summed E-state index contributed by atoms with van der Waals surface area (Å²) < 4.78 is 60.8. The summed E-state index contributed by atoms with van der Waals surface area (Å²) in [5, 5.41) is 12.9. The number of benzene rings is 1. The summed E-state index contributed by atoms with van der Waals surface area (Å²) in [4.78, 5) is 20.3.